The van der Waals surface area contributed by atoms with Crippen molar-refractivity contribution in [3.05, 3.63) is 175 Å². The molecule has 0 bridgehead atoms. The Bertz CT molecular complexity index is 2970. The van der Waals surface area contributed by atoms with E-state index in [0.29, 0.717) is 17.6 Å². The van der Waals surface area contributed by atoms with Gasteiger partial charge in [0.05, 0.1) is 22.1 Å². The standard InChI is InChI=1S/C48H33N5/c1-48(2)39-22-12-9-19-33(39)36-28-38-37-27-32(52-41-23-13-10-20-34(41)35-21-11-14-24-42(35)52)25-26-43(37)53(44(38)29-40(36)48)47-50-45(30-15-5-3-6-16-30)49-46(51-47)31-17-7-4-8-18-31/h3-29H,1-2H3. The fourth-order valence-electron chi connectivity index (χ4n) is 8.65. The molecule has 0 radical (unpaired) electrons. The van der Waals surface area contributed by atoms with Crippen molar-refractivity contribution in [1.82, 2.24) is 24.1 Å². The third kappa shape index (κ3) is 4.34. The molecule has 1 aliphatic carbocycles. The van der Waals surface area contributed by atoms with E-state index in [4.69, 9.17) is 15.0 Å². The van der Waals surface area contributed by atoms with Crippen LogP contribution in [0.1, 0.15) is 25.0 Å². The molecule has 0 unspecified atom stereocenters. The van der Waals surface area contributed by atoms with Crippen molar-refractivity contribution in [3.8, 4) is 45.5 Å². The van der Waals surface area contributed by atoms with Crippen LogP contribution >= 0.6 is 0 Å². The summed E-state index contributed by atoms with van der Waals surface area (Å²) >= 11 is 0. The molecule has 0 fully saturated rings. The second-order valence-corrected chi connectivity index (χ2v) is 14.5. The van der Waals surface area contributed by atoms with Crippen LogP contribution in [0.4, 0.5) is 0 Å². The number of para-hydroxylation sites is 2. The second kappa shape index (κ2) is 11.1. The van der Waals surface area contributed by atoms with Gasteiger partial charge < -0.3 is 4.57 Å². The second-order valence-electron chi connectivity index (χ2n) is 14.5. The molecular weight excluding hydrogens is 647 g/mol. The number of hydrogen-bond acceptors (Lipinski definition) is 3. The van der Waals surface area contributed by atoms with Crippen LogP contribution < -0.4 is 0 Å². The van der Waals surface area contributed by atoms with E-state index < -0.39 is 0 Å². The van der Waals surface area contributed by atoms with E-state index in [1.54, 1.807) is 0 Å². The van der Waals surface area contributed by atoms with Crippen LogP contribution in [0.2, 0.25) is 0 Å². The van der Waals surface area contributed by atoms with E-state index in [9.17, 15) is 0 Å². The molecule has 3 aromatic heterocycles. The monoisotopic (exact) mass is 679 g/mol. The first-order chi connectivity index (χ1) is 26.0. The van der Waals surface area contributed by atoms with Crippen molar-refractivity contribution in [3.63, 3.8) is 0 Å². The van der Waals surface area contributed by atoms with E-state index in [1.165, 1.54) is 44.1 Å². The van der Waals surface area contributed by atoms with Crippen molar-refractivity contribution in [2.75, 3.05) is 0 Å². The number of aromatic nitrogens is 5. The van der Waals surface area contributed by atoms with Crippen LogP contribution in [0.3, 0.4) is 0 Å². The minimum atomic E-state index is -0.168. The fourth-order valence-corrected chi connectivity index (χ4v) is 8.65. The number of hydrogen-bond donors (Lipinski definition) is 0. The third-order valence-electron chi connectivity index (χ3n) is 11.2. The van der Waals surface area contributed by atoms with Crippen LogP contribution in [0.5, 0.6) is 0 Å². The molecule has 0 saturated carbocycles. The molecule has 11 rings (SSSR count). The summed E-state index contributed by atoms with van der Waals surface area (Å²) in [6.07, 6.45) is 0. The van der Waals surface area contributed by atoms with Gasteiger partial charge in [0.15, 0.2) is 11.6 Å². The maximum absolute atomic E-state index is 5.23. The summed E-state index contributed by atoms with van der Waals surface area (Å²) in [5, 5.41) is 4.80. The molecule has 0 saturated heterocycles. The van der Waals surface area contributed by atoms with Gasteiger partial charge in [-0.05, 0) is 64.7 Å². The van der Waals surface area contributed by atoms with Gasteiger partial charge in [-0.3, -0.25) is 4.57 Å². The topological polar surface area (TPSA) is 48.5 Å². The molecule has 3 heterocycles. The van der Waals surface area contributed by atoms with Gasteiger partial charge in [0.2, 0.25) is 5.95 Å². The molecule has 0 spiro atoms. The van der Waals surface area contributed by atoms with Crippen LogP contribution in [0.25, 0.3) is 89.2 Å². The molecule has 5 nitrogen and oxygen atoms in total. The largest absolute Gasteiger partial charge is 0.309 e. The lowest BCUT2D eigenvalue weighted by Gasteiger charge is -2.21. The van der Waals surface area contributed by atoms with Gasteiger partial charge in [0.1, 0.15) is 0 Å². The molecule has 10 aromatic rings. The van der Waals surface area contributed by atoms with Gasteiger partial charge in [0.25, 0.3) is 0 Å². The van der Waals surface area contributed by atoms with Crippen LogP contribution in [-0.2, 0) is 5.41 Å². The van der Waals surface area contributed by atoms with E-state index in [-0.39, 0.29) is 5.41 Å². The molecule has 0 atom stereocenters. The maximum atomic E-state index is 5.23. The lowest BCUT2D eigenvalue weighted by Crippen LogP contribution is -2.15. The van der Waals surface area contributed by atoms with Gasteiger partial charge >= 0.3 is 0 Å². The molecule has 0 amide bonds. The lowest BCUT2D eigenvalue weighted by molar-refractivity contribution is 0.661. The fraction of sp³-hybridized carbons (Fsp3) is 0.0625. The van der Waals surface area contributed by atoms with Gasteiger partial charge in [-0.1, -0.05) is 135 Å². The van der Waals surface area contributed by atoms with E-state index in [2.05, 4.69) is 150 Å². The van der Waals surface area contributed by atoms with Gasteiger partial charge in [-0.15, -0.1) is 0 Å². The number of fused-ring (bicyclic) bond motifs is 9. The van der Waals surface area contributed by atoms with Crippen LogP contribution in [-0.4, -0.2) is 24.1 Å². The van der Waals surface area contributed by atoms with Gasteiger partial charge in [-0.2, -0.15) is 9.97 Å². The molecule has 53 heavy (non-hydrogen) atoms. The van der Waals surface area contributed by atoms with Crippen molar-refractivity contribution in [1.29, 1.82) is 0 Å². The first-order valence-electron chi connectivity index (χ1n) is 18.1. The highest BCUT2D eigenvalue weighted by Gasteiger charge is 2.36. The molecule has 5 heteroatoms. The number of nitrogens with zero attached hydrogens (tertiary/aromatic N) is 5. The molecule has 7 aromatic carbocycles. The Kier molecular flexibility index (Phi) is 6.23. The average molecular weight is 680 g/mol. The zero-order chi connectivity index (χ0) is 35.3. The Balaban J connectivity index is 1.25. The zero-order valence-electron chi connectivity index (χ0n) is 29.3. The van der Waals surface area contributed by atoms with Gasteiger partial charge in [-0.25, -0.2) is 4.98 Å². The van der Waals surface area contributed by atoms with Crippen molar-refractivity contribution >= 4 is 43.6 Å². The summed E-state index contributed by atoms with van der Waals surface area (Å²) in [5.41, 5.74) is 12.6. The lowest BCUT2D eigenvalue weighted by atomic mass is 9.82. The molecule has 1 aliphatic rings. The Labute approximate surface area is 306 Å². The Hall–Kier alpha value is -6.85. The predicted molar refractivity (Wildman–Crippen MR) is 217 cm³/mol. The first kappa shape index (κ1) is 29.8. The van der Waals surface area contributed by atoms with E-state index >= 15 is 0 Å². The average Bonchev–Trinajstić information content (AvgIpc) is 3.80. The van der Waals surface area contributed by atoms with Crippen molar-refractivity contribution in [2.24, 2.45) is 0 Å². The van der Waals surface area contributed by atoms with E-state index in [0.717, 1.165) is 38.6 Å². The number of rotatable bonds is 4. The van der Waals surface area contributed by atoms with Gasteiger partial charge in [0, 0.05) is 43.8 Å². The summed E-state index contributed by atoms with van der Waals surface area (Å²) in [6, 6.07) is 58.2. The Morgan fingerprint density at radius 1 is 0.396 bits per heavy atom. The summed E-state index contributed by atoms with van der Waals surface area (Å²) in [7, 11) is 0. The highest BCUT2D eigenvalue weighted by molar-refractivity contribution is 6.13. The third-order valence-corrected chi connectivity index (χ3v) is 11.2. The quantitative estimate of drug-likeness (QED) is 0.186. The summed E-state index contributed by atoms with van der Waals surface area (Å²) in [4.78, 5) is 15.5. The van der Waals surface area contributed by atoms with Crippen molar-refractivity contribution < 1.29 is 0 Å². The smallest absolute Gasteiger partial charge is 0.238 e. The predicted octanol–water partition coefficient (Wildman–Crippen LogP) is 11.7. The highest BCUT2D eigenvalue weighted by atomic mass is 15.2. The highest BCUT2D eigenvalue weighted by Crippen LogP contribution is 2.51. The maximum Gasteiger partial charge on any atom is 0.238 e. The van der Waals surface area contributed by atoms with E-state index in [1.807, 2.05) is 36.4 Å². The summed E-state index contributed by atoms with van der Waals surface area (Å²) < 4.78 is 4.64. The van der Waals surface area contributed by atoms with Crippen LogP contribution in [0, 0.1) is 0 Å². The molecule has 0 aliphatic heterocycles. The van der Waals surface area contributed by atoms with Crippen LogP contribution in [0.15, 0.2) is 164 Å². The summed E-state index contributed by atoms with van der Waals surface area (Å²) in [6.45, 7) is 4.67. The Morgan fingerprint density at radius 3 is 1.60 bits per heavy atom. The molecular formula is C48H33N5. The molecule has 0 N–H and O–H groups in total. The Morgan fingerprint density at radius 2 is 0.943 bits per heavy atom. The normalized spacial score (nSPS) is 13.2. The zero-order valence-corrected chi connectivity index (χ0v) is 29.3. The number of benzene rings is 7. The SMILES string of the molecule is CC1(C)c2ccccc2-c2cc3c4cc(-n5c6ccccc6c6ccccc65)ccc4n(-c4nc(-c5ccccc5)nc(-c5ccccc5)n4)c3cc21. The minimum absolute atomic E-state index is 0.168. The summed E-state index contributed by atoms with van der Waals surface area (Å²) in [5.74, 6) is 1.87. The minimum Gasteiger partial charge on any atom is -0.309 e. The van der Waals surface area contributed by atoms with Crippen molar-refractivity contribution in [2.45, 2.75) is 19.3 Å². The molecule has 250 valence electrons. The first-order valence-corrected chi connectivity index (χ1v) is 18.1.